The van der Waals surface area contributed by atoms with Gasteiger partial charge in [0.15, 0.2) is 5.54 Å². The smallest absolute Gasteiger partial charge is 0.266 e. The van der Waals surface area contributed by atoms with Crippen molar-refractivity contribution < 1.29 is 19.4 Å². The number of aliphatic imine (C=N–C) groups is 1. The summed E-state index contributed by atoms with van der Waals surface area (Å²) in [5.74, 6) is 0.877. The highest BCUT2D eigenvalue weighted by Gasteiger charge is 2.49. The van der Waals surface area contributed by atoms with Crippen molar-refractivity contribution in [2.75, 3.05) is 20.3 Å². The second-order valence-electron chi connectivity index (χ2n) is 7.27. The lowest BCUT2D eigenvalue weighted by Gasteiger charge is -2.26. The van der Waals surface area contributed by atoms with Gasteiger partial charge in [-0.05, 0) is 36.8 Å². The van der Waals surface area contributed by atoms with E-state index in [-0.39, 0.29) is 12.5 Å². The third-order valence-corrected chi connectivity index (χ3v) is 5.11. The van der Waals surface area contributed by atoms with Crippen LogP contribution in [0.4, 0.5) is 0 Å². The molecule has 3 N–H and O–H groups in total. The fourth-order valence-electron chi connectivity index (χ4n) is 3.34. The molecule has 1 aliphatic rings. The minimum Gasteiger partial charge on any atom is -0.494 e. The molecule has 0 fully saturated rings. The van der Waals surface area contributed by atoms with E-state index in [0.29, 0.717) is 31.1 Å². The molecular formula is C24H29N3O4. The van der Waals surface area contributed by atoms with Gasteiger partial charge < -0.3 is 14.6 Å². The first-order chi connectivity index (χ1) is 15.1. The summed E-state index contributed by atoms with van der Waals surface area (Å²) in [6.45, 7) is 2.40. The number of benzene rings is 2. The zero-order chi connectivity index (χ0) is 22.1. The number of rotatable bonds is 10. The molecule has 0 saturated heterocycles. The standard InChI is InChI=1S/C24H29N3O4/c1-18-24(23(29)27-25-2,15-6-10-19-8-4-3-5-9-19)26-22(31-18)20-11-13-21(14-12-20)30-17-7-16-28/h3-6,8-14,18,25,28H,7,15-17H2,1-2H3,(H,27,29)/b10-6+/t18-,24-/m0/s1. The maximum atomic E-state index is 13.0. The highest BCUT2D eigenvalue weighted by atomic mass is 16.5. The first kappa shape index (κ1) is 22.5. The van der Waals surface area contributed by atoms with E-state index in [1.165, 1.54) is 0 Å². The van der Waals surface area contributed by atoms with Crippen LogP contribution in [0.15, 0.2) is 65.7 Å². The Hall–Kier alpha value is -3.16. The summed E-state index contributed by atoms with van der Waals surface area (Å²) in [7, 11) is 1.64. The predicted molar refractivity (Wildman–Crippen MR) is 121 cm³/mol. The molecule has 7 nitrogen and oxygen atoms in total. The van der Waals surface area contributed by atoms with Crippen molar-refractivity contribution in [2.24, 2.45) is 4.99 Å². The second-order valence-corrected chi connectivity index (χ2v) is 7.27. The van der Waals surface area contributed by atoms with Crippen molar-refractivity contribution in [3.8, 4) is 5.75 Å². The maximum absolute atomic E-state index is 13.0. The summed E-state index contributed by atoms with van der Waals surface area (Å²) in [4.78, 5) is 17.7. The van der Waals surface area contributed by atoms with Gasteiger partial charge in [0.2, 0.25) is 5.90 Å². The van der Waals surface area contributed by atoms with Gasteiger partial charge in [-0.25, -0.2) is 10.4 Å². The Morgan fingerprint density at radius 2 is 1.97 bits per heavy atom. The molecule has 2 atom stereocenters. The Bertz CT molecular complexity index is 912. The molecule has 31 heavy (non-hydrogen) atoms. The van der Waals surface area contributed by atoms with Gasteiger partial charge in [-0.3, -0.25) is 10.2 Å². The molecule has 1 aliphatic heterocycles. The summed E-state index contributed by atoms with van der Waals surface area (Å²) in [6, 6.07) is 17.3. The monoisotopic (exact) mass is 423 g/mol. The maximum Gasteiger partial charge on any atom is 0.266 e. The van der Waals surface area contributed by atoms with E-state index in [9.17, 15) is 4.79 Å². The fraction of sp³-hybridized carbons (Fsp3) is 0.333. The van der Waals surface area contributed by atoms with Crippen LogP contribution in [0, 0.1) is 0 Å². The summed E-state index contributed by atoms with van der Waals surface area (Å²) in [5, 5.41) is 8.86. The van der Waals surface area contributed by atoms with E-state index in [1.54, 1.807) is 7.05 Å². The number of carbonyl (C=O) groups is 1. The van der Waals surface area contributed by atoms with Crippen molar-refractivity contribution in [2.45, 2.75) is 31.4 Å². The number of hydrazine groups is 1. The molecule has 0 aliphatic carbocycles. The van der Waals surface area contributed by atoms with Crippen LogP contribution in [0.25, 0.3) is 6.08 Å². The molecule has 0 spiro atoms. The third-order valence-electron chi connectivity index (χ3n) is 5.11. The molecule has 2 aromatic carbocycles. The molecule has 0 bridgehead atoms. The Morgan fingerprint density at radius 3 is 2.65 bits per heavy atom. The van der Waals surface area contributed by atoms with Crippen molar-refractivity contribution in [1.29, 1.82) is 0 Å². The van der Waals surface area contributed by atoms with Crippen molar-refractivity contribution in [3.05, 3.63) is 71.8 Å². The average molecular weight is 424 g/mol. The number of hydrogen-bond acceptors (Lipinski definition) is 6. The predicted octanol–water partition coefficient (Wildman–Crippen LogP) is 2.71. The average Bonchev–Trinajstić information content (AvgIpc) is 3.13. The van der Waals surface area contributed by atoms with Crippen LogP contribution >= 0.6 is 0 Å². The van der Waals surface area contributed by atoms with Crippen LogP contribution in [-0.4, -0.2) is 48.8 Å². The number of nitrogens with one attached hydrogen (secondary N) is 2. The lowest BCUT2D eigenvalue weighted by atomic mass is 9.89. The number of nitrogens with zero attached hydrogens (tertiary/aromatic N) is 1. The van der Waals surface area contributed by atoms with Gasteiger partial charge >= 0.3 is 0 Å². The lowest BCUT2D eigenvalue weighted by molar-refractivity contribution is -0.129. The van der Waals surface area contributed by atoms with Gasteiger partial charge in [-0.15, -0.1) is 0 Å². The Morgan fingerprint density at radius 1 is 1.23 bits per heavy atom. The van der Waals surface area contributed by atoms with Gasteiger partial charge in [0.1, 0.15) is 11.9 Å². The zero-order valence-electron chi connectivity index (χ0n) is 17.9. The fourth-order valence-corrected chi connectivity index (χ4v) is 3.34. The van der Waals surface area contributed by atoms with Crippen molar-refractivity contribution in [1.82, 2.24) is 10.9 Å². The first-order valence-corrected chi connectivity index (χ1v) is 10.4. The SMILES string of the molecule is CNNC(=O)[C@@]1(C/C=C/c2ccccc2)N=C(c2ccc(OCCCO)cc2)O[C@H]1C. The number of aliphatic hydroxyl groups is 1. The highest BCUT2D eigenvalue weighted by molar-refractivity contribution is 6.00. The number of aliphatic hydroxyl groups excluding tert-OH is 1. The van der Waals surface area contributed by atoms with E-state index in [1.807, 2.05) is 73.7 Å². The summed E-state index contributed by atoms with van der Waals surface area (Å²) in [5.41, 5.74) is 6.11. The number of amides is 1. The first-order valence-electron chi connectivity index (χ1n) is 10.4. The van der Waals surface area contributed by atoms with Gasteiger partial charge in [-0.2, -0.15) is 0 Å². The minimum atomic E-state index is -1.08. The third kappa shape index (κ3) is 5.51. The van der Waals surface area contributed by atoms with Gasteiger partial charge in [0, 0.05) is 32.1 Å². The molecule has 0 saturated carbocycles. The number of carbonyl (C=O) groups excluding carboxylic acids is 1. The van der Waals surface area contributed by atoms with Crippen LogP contribution in [-0.2, 0) is 9.53 Å². The van der Waals surface area contributed by atoms with Crippen LogP contribution in [0.3, 0.4) is 0 Å². The van der Waals surface area contributed by atoms with E-state index in [0.717, 1.165) is 11.1 Å². The Kier molecular flexibility index (Phi) is 7.81. The molecule has 0 unspecified atom stereocenters. The Balaban J connectivity index is 1.81. The van der Waals surface area contributed by atoms with Crippen LogP contribution in [0.2, 0.25) is 0 Å². The van der Waals surface area contributed by atoms with Gasteiger partial charge in [0.25, 0.3) is 5.91 Å². The highest BCUT2D eigenvalue weighted by Crippen LogP contribution is 2.33. The Labute approximate surface area is 182 Å². The van der Waals surface area contributed by atoms with E-state index >= 15 is 0 Å². The molecule has 1 amide bonds. The number of ether oxygens (including phenoxy) is 2. The summed E-state index contributed by atoms with van der Waals surface area (Å²) in [6.07, 6.45) is 4.45. The van der Waals surface area contributed by atoms with Crippen molar-refractivity contribution >= 4 is 17.9 Å². The van der Waals surface area contributed by atoms with Gasteiger partial charge in [0.05, 0.1) is 6.61 Å². The normalized spacial score (nSPS) is 20.4. The molecule has 0 aromatic heterocycles. The lowest BCUT2D eigenvalue weighted by Crippen LogP contribution is -2.53. The van der Waals surface area contributed by atoms with E-state index < -0.39 is 11.6 Å². The van der Waals surface area contributed by atoms with Crippen LogP contribution < -0.4 is 15.6 Å². The van der Waals surface area contributed by atoms with Crippen LogP contribution in [0.1, 0.15) is 30.9 Å². The summed E-state index contributed by atoms with van der Waals surface area (Å²) >= 11 is 0. The minimum absolute atomic E-state index is 0.0934. The topological polar surface area (TPSA) is 92.2 Å². The molecule has 164 valence electrons. The molecule has 3 rings (SSSR count). The molecule has 0 radical (unpaired) electrons. The molecule has 1 heterocycles. The largest absolute Gasteiger partial charge is 0.494 e. The van der Waals surface area contributed by atoms with Gasteiger partial charge in [-0.1, -0.05) is 42.5 Å². The van der Waals surface area contributed by atoms with E-state index in [2.05, 4.69) is 10.9 Å². The molecule has 2 aromatic rings. The van der Waals surface area contributed by atoms with E-state index in [4.69, 9.17) is 19.6 Å². The zero-order valence-corrected chi connectivity index (χ0v) is 17.9. The van der Waals surface area contributed by atoms with Crippen molar-refractivity contribution in [3.63, 3.8) is 0 Å². The van der Waals surface area contributed by atoms with Crippen LogP contribution in [0.5, 0.6) is 5.75 Å². The summed E-state index contributed by atoms with van der Waals surface area (Å²) < 4.78 is 11.6. The second kappa shape index (κ2) is 10.7. The quantitative estimate of drug-likeness (QED) is 0.404. The molecule has 7 heteroatoms. The molecular weight excluding hydrogens is 394 g/mol. The number of hydrogen-bond donors (Lipinski definition) is 3.